The lowest BCUT2D eigenvalue weighted by atomic mass is 9.93. The van der Waals surface area contributed by atoms with Crippen molar-refractivity contribution in [2.24, 2.45) is 0 Å². The van der Waals surface area contributed by atoms with Crippen molar-refractivity contribution in [1.82, 2.24) is 10.3 Å². The molecule has 1 aliphatic rings. The van der Waals surface area contributed by atoms with Crippen molar-refractivity contribution >= 4 is 11.3 Å². The van der Waals surface area contributed by atoms with Crippen molar-refractivity contribution in [3.63, 3.8) is 0 Å². The van der Waals surface area contributed by atoms with Gasteiger partial charge in [-0.05, 0) is 31.0 Å². The third-order valence-electron chi connectivity index (χ3n) is 3.70. The molecule has 100 valence electrons. The standard InChI is InChI=1S/C15H18N2OS/c1-16-13(14-9-19-10-17-14)8-15-12-5-3-2-4-11(12)6-7-18-15/h2-5,9-10,13,15-16H,6-8H2,1H3. The molecule has 0 fully saturated rings. The average Bonchev–Trinajstić information content (AvgIpc) is 2.99. The number of nitrogens with zero attached hydrogens (tertiary/aromatic N) is 1. The van der Waals surface area contributed by atoms with Crippen LogP contribution in [0.3, 0.4) is 0 Å². The van der Waals surface area contributed by atoms with Crippen LogP contribution in [0, 0.1) is 0 Å². The minimum Gasteiger partial charge on any atom is -0.373 e. The lowest BCUT2D eigenvalue weighted by molar-refractivity contribution is 0.0296. The largest absolute Gasteiger partial charge is 0.373 e. The van der Waals surface area contributed by atoms with Crippen LogP contribution in [0.15, 0.2) is 35.2 Å². The van der Waals surface area contributed by atoms with Gasteiger partial charge in [0.25, 0.3) is 0 Å². The summed E-state index contributed by atoms with van der Waals surface area (Å²) >= 11 is 1.64. The van der Waals surface area contributed by atoms with Gasteiger partial charge in [0.2, 0.25) is 0 Å². The zero-order valence-electron chi connectivity index (χ0n) is 11.0. The predicted octanol–water partition coefficient (Wildman–Crippen LogP) is 3.11. The molecule has 3 nitrogen and oxygen atoms in total. The molecule has 0 aliphatic carbocycles. The fourth-order valence-corrected chi connectivity index (χ4v) is 3.27. The van der Waals surface area contributed by atoms with E-state index in [-0.39, 0.29) is 12.1 Å². The van der Waals surface area contributed by atoms with Crippen LogP contribution < -0.4 is 5.32 Å². The van der Waals surface area contributed by atoms with Crippen LogP contribution in [0.4, 0.5) is 0 Å². The van der Waals surface area contributed by atoms with Gasteiger partial charge in [-0.3, -0.25) is 0 Å². The number of aromatic nitrogens is 1. The molecule has 0 radical (unpaired) electrons. The summed E-state index contributed by atoms with van der Waals surface area (Å²) in [6.07, 6.45) is 2.12. The Morgan fingerprint density at radius 1 is 1.47 bits per heavy atom. The van der Waals surface area contributed by atoms with Gasteiger partial charge in [-0.1, -0.05) is 24.3 Å². The molecule has 0 saturated heterocycles. The number of benzene rings is 1. The third kappa shape index (κ3) is 2.71. The van der Waals surface area contributed by atoms with Crippen molar-refractivity contribution in [3.05, 3.63) is 52.0 Å². The molecule has 1 aromatic carbocycles. The quantitative estimate of drug-likeness (QED) is 0.930. The molecule has 0 amide bonds. The zero-order chi connectivity index (χ0) is 13.1. The first-order valence-corrected chi connectivity index (χ1v) is 7.57. The molecule has 0 saturated carbocycles. The van der Waals surface area contributed by atoms with Crippen molar-refractivity contribution < 1.29 is 4.74 Å². The van der Waals surface area contributed by atoms with Crippen molar-refractivity contribution in [2.75, 3.05) is 13.7 Å². The Labute approximate surface area is 117 Å². The minimum absolute atomic E-state index is 0.170. The summed E-state index contributed by atoms with van der Waals surface area (Å²) in [7, 11) is 1.98. The topological polar surface area (TPSA) is 34.1 Å². The highest BCUT2D eigenvalue weighted by Crippen LogP contribution is 2.34. The number of rotatable bonds is 4. The van der Waals surface area contributed by atoms with Gasteiger partial charge in [0, 0.05) is 5.38 Å². The molecule has 2 heterocycles. The molecule has 3 rings (SSSR count). The Balaban J connectivity index is 1.80. The molecule has 1 aromatic heterocycles. The molecule has 0 spiro atoms. The number of fused-ring (bicyclic) bond motifs is 1. The summed E-state index contributed by atoms with van der Waals surface area (Å²) in [5, 5.41) is 5.45. The normalized spacial score (nSPS) is 19.9. The average molecular weight is 274 g/mol. The van der Waals surface area contributed by atoms with Gasteiger partial charge in [-0.15, -0.1) is 11.3 Å². The number of nitrogens with one attached hydrogen (secondary N) is 1. The number of hydrogen-bond acceptors (Lipinski definition) is 4. The Bertz CT molecular complexity index is 527. The molecule has 19 heavy (non-hydrogen) atoms. The van der Waals surface area contributed by atoms with Crippen LogP contribution in [-0.2, 0) is 11.2 Å². The number of ether oxygens (including phenoxy) is 1. The molecule has 4 heteroatoms. The van der Waals surface area contributed by atoms with E-state index in [0.717, 1.165) is 25.1 Å². The fraction of sp³-hybridized carbons (Fsp3) is 0.400. The molecular formula is C15H18N2OS. The van der Waals surface area contributed by atoms with Crippen LogP contribution in [0.5, 0.6) is 0 Å². The molecule has 2 unspecified atom stereocenters. The second-order valence-electron chi connectivity index (χ2n) is 4.80. The molecule has 2 atom stereocenters. The van der Waals surface area contributed by atoms with E-state index in [2.05, 4.69) is 39.9 Å². The maximum atomic E-state index is 5.97. The third-order valence-corrected chi connectivity index (χ3v) is 4.30. The molecule has 2 aromatic rings. The first-order valence-electron chi connectivity index (χ1n) is 6.63. The predicted molar refractivity (Wildman–Crippen MR) is 77.4 cm³/mol. The summed E-state index contributed by atoms with van der Waals surface area (Å²) < 4.78 is 5.97. The van der Waals surface area contributed by atoms with Gasteiger partial charge < -0.3 is 10.1 Å². The van der Waals surface area contributed by atoms with Crippen LogP contribution in [0.2, 0.25) is 0 Å². The van der Waals surface area contributed by atoms with E-state index < -0.39 is 0 Å². The first-order chi connectivity index (χ1) is 9.38. The van der Waals surface area contributed by atoms with Crippen LogP contribution >= 0.6 is 11.3 Å². The zero-order valence-corrected chi connectivity index (χ0v) is 11.8. The van der Waals surface area contributed by atoms with Gasteiger partial charge in [0.05, 0.1) is 30.0 Å². The lowest BCUT2D eigenvalue weighted by Crippen LogP contribution is -2.24. The molecule has 0 bridgehead atoms. The fourth-order valence-electron chi connectivity index (χ4n) is 2.67. The van der Waals surface area contributed by atoms with Crippen molar-refractivity contribution in [1.29, 1.82) is 0 Å². The maximum Gasteiger partial charge on any atom is 0.0846 e. The van der Waals surface area contributed by atoms with Crippen LogP contribution in [0.25, 0.3) is 0 Å². The van der Waals surface area contributed by atoms with Gasteiger partial charge in [-0.2, -0.15) is 0 Å². The highest BCUT2D eigenvalue weighted by Gasteiger charge is 2.24. The Hall–Kier alpha value is -1.23. The molecule has 1 N–H and O–H groups in total. The van der Waals surface area contributed by atoms with Gasteiger partial charge in [0.1, 0.15) is 0 Å². The number of thiazole rings is 1. The summed E-state index contributed by atoms with van der Waals surface area (Å²) in [4.78, 5) is 4.41. The van der Waals surface area contributed by atoms with E-state index in [1.807, 2.05) is 12.6 Å². The summed E-state index contributed by atoms with van der Waals surface area (Å²) in [6.45, 7) is 0.815. The van der Waals surface area contributed by atoms with Gasteiger partial charge in [-0.25, -0.2) is 4.98 Å². The highest BCUT2D eigenvalue weighted by atomic mass is 32.1. The number of hydrogen-bond donors (Lipinski definition) is 1. The van der Waals surface area contributed by atoms with Crippen molar-refractivity contribution in [2.45, 2.75) is 25.0 Å². The first kappa shape index (κ1) is 12.8. The van der Waals surface area contributed by atoms with Crippen molar-refractivity contribution in [3.8, 4) is 0 Å². The molecular weight excluding hydrogens is 256 g/mol. The smallest absolute Gasteiger partial charge is 0.0846 e. The van der Waals surface area contributed by atoms with Gasteiger partial charge in [0.15, 0.2) is 0 Å². The Morgan fingerprint density at radius 2 is 2.37 bits per heavy atom. The SMILES string of the molecule is CNC(CC1OCCc2ccccc21)c1cscn1. The monoisotopic (exact) mass is 274 g/mol. The lowest BCUT2D eigenvalue weighted by Gasteiger charge is -2.28. The summed E-state index contributed by atoms with van der Waals surface area (Å²) in [5.41, 5.74) is 5.75. The van der Waals surface area contributed by atoms with E-state index in [1.165, 1.54) is 11.1 Å². The van der Waals surface area contributed by atoms with E-state index in [4.69, 9.17) is 4.74 Å². The molecule has 1 aliphatic heterocycles. The Kier molecular flexibility index (Phi) is 3.92. The second kappa shape index (κ2) is 5.82. The summed E-state index contributed by atoms with van der Waals surface area (Å²) in [6, 6.07) is 8.85. The second-order valence-corrected chi connectivity index (χ2v) is 5.52. The summed E-state index contributed by atoms with van der Waals surface area (Å²) in [5.74, 6) is 0. The maximum absolute atomic E-state index is 5.97. The Morgan fingerprint density at radius 3 is 3.16 bits per heavy atom. The van der Waals surface area contributed by atoms with Crippen LogP contribution in [-0.4, -0.2) is 18.6 Å². The van der Waals surface area contributed by atoms with E-state index in [1.54, 1.807) is 11.3 Å². The van der Waals surface area contributed by atoms with E-state index >= 15 is 0 Å². The van der Waals surface area contributed by atoms with E-state index in [0.29, 0.717) is 0 Å². The van der Waals surface area contributed by atoms with Gasteiger partial charge >= 0.3 is 0 Å². The highest BCUT2D eigenvalue weighted by molar-refractivity contribution is 7.07. The van der Waals surface area contributed by atoms with Crippen LogP contribution in [0.1, 0.15) is 35.4 Å². The van der Waals surface area contributed by atoms with E-state index in [9.17, 15) is 0 Å². The minimum atomic E-state index is 0.170.